The average Bonchev–Trinajstić information content (AvgIpc) is 2.78. The SMILES string of the molecule is CCC(=CC(=O)O)c1ccc(NC(=O)c2cccc(-c3ccc(N=C(N)N)cc3)c2)cc1. The molecule has 6 N–H and O–H groups in total. The highest BCUT2D eigenvalue weighted by atomic mass is 16.4. The van der Waals surface area contributed by atoms with Crippen molar-refractivity contribution in [1.29, 1.82) is 0 Å². The van der Waals surface area contributed by atoms with Gasteiger partial charge in [-0.3, -0.25) is 4.79 Å². The molecule has 0 unspecified atom stereocenters. The van der Waals surface area contributed by atoms with Crippen molar-refractivity contribution in [2.75, 3.05) is 5.32 Å². The summed E-state index contributed by atoms with van der Waals surface area (Å²) in [6.07, 6.45) is 1.79. The van der Waals surface area contributed by atoms with Gasteiger partial charge in [-0.25, -0.2) is 9.79 Å². The van der Waals surface area contributed by atoms with Crippen molar-refractivity contribution in [3.05, 3.63) is 90.0 Å². The van der Waals surface area contributed by atoms with Gasteiger partial charge in [-0.2, -0.15) is 0 Å². The molecule has 3 aromatic rings. The zero-order chi connectivity index (χ0) is 23.1. The number of benzene rings is 3. The van der Waals surface area contributed by atoms with Crippen LogP contribution in [0.15, 0.2) is 83.9 Å². The van der Waals surface area contributed by atoms with E-state index < -0.39 is 5.97 Å². The van der Waals surface area contributed by atoms with E-state index in [1.165, 1.54) is 6.08 Å². The number of carboxylic acids is 1. The first-order valence-electron chi connectivity index (χ1n) is 10.0. The summed E-state index contributed by atoms with van der Waals surface area (Å²) < 4.78 is 0. The first-order valence-corrected chi connectivity index (χ1v) is 10.0. The standard InChI is InChI=1S/C25H24N4O3/c1-2-16(15-23(30)31)17-6-10-21(11-7-17)28-24(32)20-5-3-4-19(14-20)18-8-12-22(13-9-18)29-25(26)27/h3-15H,2H2,1H3,(H,28,32)(H,30,31)(H4,26,27,29). The number of rotatable bonds is 7. The topological polar surface area (TPSA) is 131 Å². The highest BCUT2D eigenvalue weighted by Gasteiger charge is 2.09. The van der Waals surface area contributed by atoms with Crippen LogP contribution in [0.2, 0.25) is 0 Å². The maximum absolute atomic E-state index is 12.7. The number of guanidine groups is 1. The largest absolute Gasteiger partial charge is 0.478 e. The minimum Gasteiger partial charge on any atom is -0.478 e. The summed E-state index contributed by atoms with van der Waals surface area (Å²) >= 11 is 0. The van der Waals surface area contributed by atoms with Crippen LogP contribution in [0.1, 0.15) is 29.3 Å². The maximum Gasteiger partial charge on any atom is 0.328 e. The fourth-order valence-corrected chi connectivity index (χ4v) is 3.23. The molecule has 3 rings (SSSR count). The summed E-state index contributed by atoms with van der Waals surface area (Å²) in [5.74, 6) is -1.23. The Bertz CT molecular complexity index is 1180. The number of aliphatic imine (C=N–C) groups is 1. The van der Waals surface area contributed by atoms with Gasteiger partial charge < -0.3 is 21.9 Å². The average molecular weight is 428 g/mol. The second-order valence-corrected chi connectivity index (χ2v) is 7.06. The molecule has 7 heteroatoms. The molecule has 0 aromatic heterocycles. The van der Waals surface area contributed by atoms with Gasteiger partial charge in [0.1, 0.15) is 0 Å². The third-order valence-electron chi connectivity index (χ3n) is 4.78. The number of nitrogens with zero attached hydrogens (tertiary/aromatic N) is 1. The van der Waals surface area contributed by atoms with Crippen molar-refractivity contribution in [3.63, 3.8) is 0 Å². The van der Waals surface area contributed by atoms with Crippen molar-refractivity contribution < 1.29 is 14.7 Å². The van der Waals surface area contributed by atoms with Gasteiger partial charge >= 0.3 is 5.97 Å². The molecule has 0 bridgehead atoms. The Hall–Kier alpha value is -4.39. The highest BCUT2D eigenvalue weighted by Crippen LogP contribution is 2.24. The van der Waals surface area contributed by atoms with E-state index in [1.807, 2.05) is 37.3 Å². The number of nitrogens with one attached hydrogen (secondary N) is 1. The molecule has 0 atom stereocenters. The van der Waals surface area contributed by atoms with Gasteiger partial charge in [0.15, 0.2) is 5.96 Å². The number of anilines is 1. The minimum absolute atomic E-state index is 0.00623. The lowest BCUT2D eigenvalue weighted by molar-refractivity contribution is -0.131. The zero-order valence-corrected chi connectivity index (χ0v) is 17.6. The molecule has 7 nitrogen and oxygen atoms in total. The van der Waals surface area contributed by atoms with Gasteiger partial charge in [0.05, 0.1) is 5.69 Å². The van der Waals surface area contributed by atoms with Crippen LogP contribution in [0.5, 0.6) is 0 Å². The van der Waals surface area contributed by atoms with Gasteiger partial charge in [-0.1, -0.05) is 43.3 Å². The van der Waals surface area contributed by atoms with E-state index in [0.717, 1.165) is 16.7 Å². The van der Waals surface area contributed by atoms with Gasteiger partial charge in [0.25, 0.3) is 5.91 Å². The molecule has 1 amide bonds. The van der Waals surface area contributed by atoms with Crippen LogP contribution < -0.4 is 16.8 Å². The van der Waals surface area contributed by atoms with Crippen LogP contribution in [-0.4, -0.2) is 22.9 Å². The first kappa shape index (κ1) is 22.3. The highest BCUT2D eigenvalue weighted by molar-refractivity contribution is 6.05. The lowest BCUT2D eigenvalue weighted by Crippen LogP contribution is -2.21. The minimum atomic E-state index is -0.981. The molecule has 0 radical (unpaired) electrons. The fourth-order valence-electron chi connectivity index (χ4n) is 3.23. The van der Waals surface area contributed by atoms with E-state index in [2.05, 4.69) is 10.3 Å². The van der Waals surface area contributed by atoms with Crippen LogP contribution in [0.3, 0.4) is 0 Å². The predicted molar refractivity (Wildman–Crippen MR) is 128 cm³/mol. The van der Waals surface area contributed by atoms with Crippen molar-refractivity contribution >= 4 is 34.8 Å². The number of amides is 1. The van der Waals surface area contributed by atoms with E-state index in [1.54, 1.807) is 42.5 Å². The normalized spacial score (nSPS) is 11.0. The van der Waals surface area contributed by atoms with Crippen LogP contribution in [0.25, 0.3) is 16.7 Å². The predicted octanol–water partition coefficient (Wildman–Crippen LogP) is 4.39. The van der Waals surface area contributed by atoms with Gasteiger partial charge in [0, 0.05) is 17.3 Å². The maximum atomic E-state index is 12.7. The van der Waals surface area contributed by atoms with Gasteiger partial charge in [0.2, 0.25) is 0 Å². The van der Waals surface area contributed by atoms with E-state index in [0.29, 0.717) is 28.9 Å². The second kappa shape index (κ2) is 10.1. The van der Waals surface area contributed by atoms with Crippen molar-refractivity contribution in [3.8, 4) is 11.1 Å². The number of hydrogen-bond donors (Lipinski definition) is 4. The molecule has 0 saturated heterocycles. The Balaban J connectivity index is 1.75. The number of aliphatic carboxylic acids is 1. The van der Waals surface area contributed by atoms with Gasteiger partial charge in [-0.15, -0.1) is 0 Å². The molecule has 162 valence electrons. The Kier molecular flexibility index (Phi) is 7.02. The third-order valence-corrected chi connectivity index (χ3v) is 4.78. The molecule has 3 aromatic carbocycles. The Morgan fingerprint density at radius 1 is 0.938 bits per heavy atom. The lowest BCUT2D eigenvalue weighted by atomic mass is 10.0. The quantitative estimate of drug-likeness (QED) is 0.252. The summed E-state index contributed by atoms with van der Waals surface area (Å²) in [7, 11) is 0. The summed E-state index contributed by atoms with van der Waals surface area (Å²) in [5.41, 5.74) is 15.9. The number of carbonyl (C=O) groups excluding carboxylic acids is 1. The molecule has 32 heavy (non-hydrogen) atoms. The van der Waals surface area contributed by atoms with Gasteiger partial charge in [-0.05, 0) is 65.1 Å². The summed E-state index contributed by atoms with van der Waals surface area (Å²) in [6.45, 7) is 1.89. The molecular formula is C25H24N4O3. The summed E-state index contributed by atoms with van der Waals surface area (Å²) in [4.78, 5) is 27.7. The van der Waals surface area contributed by atoms with Crippen LogP contribution in [0, 0.1) is 0 Å². The van der Waals surface area contributed by atoms with E-state index >= 15 is 0 Å². The van der Waals surface area contributed by atoms with Crippen LogP contribution in [0.4, 0.5) is 11.4 Å². The fraction of sp³-hybridized carbons (Fsp3) is 0.0800. The molecule has 0 fully saturated rings. The summed E-state index contributed by atoms with van der Waals surface area (Å²) in [6, 6.07) is 21.8. The van der Waals surface area contributed by atoms with Crippen LogP contribution in [-0.2, 0) is 4.79 Å². The Morgan fingerprint density at radius 3 is 2.22 bits per heavy atom. The van der Waals surface area contributed by atoms with Crippen molar-refractivity contribution in [2.45, 2.75) is 13.3 Å². The van der Waals surface area contributed by atoms with Crippen molar-refractivity contribution in [1.82, 2.24) is 0 Å². The van der Waals surface area contributed by atoms with E-state index in [4.69, 9.17) is 16.6 Å². The molecule has 0 aliphatic carbocycles. The zero-order valence-electron chi connectivity index (χ0n) is 17.6. The molecule has 0 aliphatic rings. The second-order valence-electron chi connectivity index (χ2n) is 7.06. The Labute approximate surface area is 186 Å². The number of nitrogens with two attached hydrogens (primary N) is 2. The van der Waals surface area contributed by atoms with E-state index in [9.17, 15) is 9.59 Å². The first-order chi connectivity index (χ1) is 15.4. The smallest absolute Gasteiger partial charge is 0.328 e. The Morgan fingerprint density at radius 2 is 1.62 bits per heavy atom. The van der Waals surface area contributed by atoms with Crippen molar-refractivity contribution in [2.24, 2.45) is 16.5 Å². The lowest BCUT2D eigenvalue weighted by Gasteiger charge is -2.09. The number of allylic oxidation sites excluding steroid dienone is 1. The molecule has 0 saturated carbocycles. The van der Waals surface area contributed by atoms with Crippen LogP contribution >= 0.6 is 0 Å². The third kappa shape index (κ3) is 5.82. The number of carbonyl (C=O) groups is 2. The summed E-state index contributed by atoms with van der Waals surface area (Å²) in [5, 5.41) is 11.9. The monoisotopic (exact) mass is 428 g/mol. The molecule has 0 heterocycles. The number of hydrogen-bond acceptors (Lipinski definition) is 3. The molecule has 0 spiro atoms. The molecular weight excluding hydrogens is 404 g/mol. The van der Waals surface area contributed by atoms with E-state index in [-0.39, 0.29) is 11.9 Å². The number of carboxylic acid groups (broad SMARTS) is 1. The molecule has 0 aliphatic heterocycles.